The van der Waals surface area contributed by atoms with Crippen LogP contribution in [0.2, 0.25) is 0 Å². The minimum absolute atomic E-state index is 0.314. The van der Waals surface area contributed by atoms with E-state index in [0.29, 0.717) is 5.56 Å². The van der Waals surface area contributed by atoms with Crippen LogP contribution in [0.25, 0.3) is 0 Å². The first-order valence-corrected chi connectivity index (χ1v) is 4.19. The molecule has 0 aliphatic carbocycles. The zero-order valence-electron chi connectivity index (χ0n) is 8.34. The van der Waals surface area contributed by atoms with Gasteiger partial charge in [-0.25, -0.2) is 5.43 Å². The van der Waals surface area contributed by atoms with E-state index in [1.807, 2.05) is 0 Å². The Morgan fingerprint density at radius 3 is 2.40 bits per heavy atom. The van der Waals surface area contributed by atoms with Gasteiger partial charge in [0.15, 0.2) is 11.8 Å². The van der Waals surface area contributed by atoms with Crippen LogP contribution in [0.1, 0.15) is 10.4 Å². The zero-order chi connectivity index (χ0) is 11.7. The Balaban J connectivity index is 0.000000921. The average molecular weight is 207 g/mol. The van der Waals surface area contributed by atoms with Crippen LogP contribution in [0, 0.1) is 11.3 Å². The van der Waals surface area contributed by atoms with Crippen molar-refractivity contribution in [3.63, 3.8) is 0 Å². The molecule has 0 aliphatic rings. The minimum atomic E-state index is -0.970. The molecule has 0 amide bonds. The lowest BCUT2D eigenvalue weighted by Gasteiger charge is -2.05. The maximum atomic E-state index is 11.4. The van der Waals surface area contributed by atoms with Crippen molar-refractivity contribution in [3.05, 3.63) is 35.9 Å². The predicted octanol–water partition coefficient (Wildman–Crippen LogP) is -0.167. The van der Waals surface area contributed by atoms with Gasteiger partial charge in [-0.2, -0.15) is 5.26 Å². The molecule has 0 aliphatic heterocycles. The Kier molecular flexibility index (Phi) is 6.76. The second kappa shape index (κ2) is 7.64. The van der Waals surface area contributed by atoms with Crippen molar-refractivity contribution in [3.8, 4) is 6.07 Å². The van der Waals surface area contributed by atoms with Crippen molar-refractivity contribution in [2.45, 2.75) is 6.04 Å². The second-order valence-electron chi connectivity index (χ2n) is 2.46. The highest BCUT2D eigenvalue weighted by molar-refractivity contribution is 6.01. The van der Waals surface area contributed by atoms with Gasteiger partial charge in [-0.3, -0.25) is 10.6 Å². The fourth-order valence-corrected chi connectivity index (χ4v) is 0.941. The van der Waals surface area contributed by atoms with Gasteiger partial charge in [0.2, 0.25) is 0 Å². The molecule has 80 valence electrons. The lowest BCUT2D eigenvalue weighted by molar-refractivity contribution is 0.0966. The van der Waals surface area contributed by atoms with Gasteiger partial charge in [-0.05, 0) is 0 Å². The van der Waals surface area contributed by atoms with Crippen LogP contribution >= 0.6 is 0 Å². The van der Waals surface area contributed by atoms with Crippen molar-refractivity contribution >= 4 is 5.78 Å². The molecule has 1 rings (SSSR count). The Morgan fingerprint density at radius 1 is 1.47 bits per heavy atom. The van der Waals surface area contributed by atoms with E-state index >= 15 is 0 Å². The fraction of sp³-hybridized carbons (Fsp3) is 0.200. The maximum absolute atomic E-state index is 11.4. The first kappa shape index (κ1) is 13.3. The number of hydrogen-bond acceptors (Lipinski definition) is 5. The van der Waals surface area contributed by atoms with Crippen LogP contribution in [0.3, 0.4) is 0 Å². The SMILES string of the molecule is CO.N#CC(NN)C(=O)c1ccccc1. The third kappa shape index (κ3) is 3.87. The van der Waals surface area contributed by atoms with Gasteiger partial charge < -0.3 is 5.11 Å². The first-order chi connectivity index (χ1) is 7.29. The second-order valence-corrected chi connectivity index (χ2v) is 2.46. The van der Waals surface area contributed by atoms with Crippen LogP contribution in [0.5, 0.6) is 0 Å². The summed E-state index contributed by atoms with van der Waals surface area (Å²) in [5.41, 5.74) is 2.62. The van der Waals surface area contributed by atoms with E-state index in [1.165, 1.54) is 0 Å². The van der Waals surface area contributed by atoms with Crippen molar-refractivity contribution in [2.24, 2.45) is 5.84 Å². The quantitative estimate of drug-likeness (QED) is 0.363. The van der Waals surface area contributed by atoms with Gasteiger partial charge in [0.1, 0.15) is 0 Å². The van der Waals surface area contributed by atoms with E-state index in [4.69, 9.17) is 16.2 Å². The molecule has 15 heavy (non-hydrogen) atoms. The summed E-state index contributed by atoms with van der Waals surface area (Å²) in [6.07, 6.45) is 0. The van der Waals surface area contributed by atoms with Gasteiger partial charge in [-0.15, -0.1) is 0 Å². The molecule has 0 spiro atoms. The number of aliphatic hydroxyl groups excluding tert-OH is 1. The molecule has 5 nitrogen and oxygen atoms in total. The molecular weight excluding hydrogens is 194 g/mol. The third-order valence-corrected chi connectivity index (χ3v) is 1.62. The molecule has 5 heteroatoms. The highest BCUT2D eigenvalue weighted by Gasteiger charge is 2.16. The lowest BCUT2D eigenvalue weighted by atomic mass is 10.1. The van der Waals surface area contributed by atoms with Crippen LogP contribution in [-0.4, -0.2) is 24.0 Å². The number of Topliss-reactive ketones (excluding diaryl/α,β-unsaturated/α-hetero) is 1. The van der Waals surface area contributed by atoms with Gasteiger partial charge in [0.05, 0.1) is 6.07 Å². The fourth-order valence-electron chi connectivity index (χ4n) is 0.941. The van der Waals surface area contributed by atoms with E-state index in [0.717, 1.165) is 7.11 Å². The van der Waals surface area contributed by atoms with Crippen LogP contribution in [-0.2, 0) is 0 Å². The Morgan fingerprint density at radius 2 is 2.00 bits per heavy atom. The molecule has 1 aromatic rings. The van der Waals surface area contributed by atoms with Crippen molar-refractivity contribution < 1.29 is 9.90 Å². The number of aliphatic hydroxyl groups is 1. The molecule has 1 atom stereocenters. The summed E-state index contributed by atoms with van der Waals surface area (Å²) in [4.78, 5) is 11.4. The average Bonchev–Trinajstić information content (AvgIpc) is 2.34. The molecule has 4 N–H and O–H groups in total. The van der Waals surface area contributed by atoms with Gasteiger partial charge >= 0.3 is 0 Å². The van der Waals surface area contributed by atoms with E-state index in [9.17, 15) is 4.79 Å². The van der Waals surface area contributed by atoms with Crippen LogP contribution in [0.15, 0.2) is 30.3 Å². The molecule has 0 saturated heterocycles. The molecule has 1 unspecified atom stereocenters. The standard InChI is InChI=1S/C9H9N3O.CH4O/c10-6-8(12-11)9(13)7-4-2-1-3-5-7;1-2/h1-5,8,12H,11H2;2H,1H3. The van der Waals surface area contributed by atoms with Gasteiger partial charge in [0, 0.05) is 12.7 Å². The van der Waals surface area contributed by atoms with Crippen molar-refractivity contribution in [2.75, 3.05) is 7.11 Å². The molecule has 0 fully saturated rings. The summed E-state index contributed by atoms with van der Waals surface area (Å²) in [7, 11) is 1.00. The molecular formula is C10H13N3O2. The number of ketones is 1. The normalized spacial score (nSPS) is 10.5. The molecule has 0 saturated carbocycles. The first-order valence-electron chi connectivity index (χ1n) is 4.19. The van der Waals surface area contributed by atoms with Crippen molar-refractivity contribution in [1.29, 1.82) is 5.26 Å². The minimum Gasteiger partial charge on any atom is -0.400 e. The third-order valence-electron chi connectivity index (χ3n) is 1.62. The number of nitrogens with two attached hydrogens (primary N) is 1. The number of carbonyl (C=O) groups excluding carboxylic acids is 1. The Bertz CT molecular complexity index is 332. The number of carbonyl (C=O) groups is 1. The Labute approximate surface area is 88.1 Å². The number of nitrogens with zero attached hydrogens (tertiary/aromatic N) is 1. The smallest absolute Gasteiger partial charge is 0.195 e. The van der Waals surface area contributed by atoms with Crippen molar-refractivity contribution in [1.82, 2.24) is 5.43 Å². The lowest BCUT2D eigenvalue weighted by Crippen LogP contribution is -2.40. The number of nitriles is 1. The molecule has 1 aromatic carbocycles. The number of benzene rings is 1. The summed E-state index contributed by atoms with van der Waals surface area (Å²) >= 11 is 0. The summed E-state index contributed by atoms with van der Waals surface area (Å²) in [5.74, 6) is 4.71. The predicted molar refractivity (Wildman–Crippen MR) is 55.6 cm³/mol. The number of rotatable bonds is 3. The van der Waals surface area contributed by atoms with Gasteiger partial charge in [-0.1, -0.05) is 30.3 Å². The highest BCUT2D eigenvalue weighted by atomic mass is 16.2. The maximum Gasteiger partial charge on any atom is 0.195 e. The van der Waals surface area contributed by atoms with E-state index in [2.05, 4.69) is 5.43 Å². The number of nitrogens with one attached hydrogen (secondary N) is 1. The summed E-state index contributed by atoms with van der Waals surface area (Å²) in [5, 5.41) is 15.5. The van der Waals surface area contributed by atoms with Gasteiger partial charge in [0.25, 0.3) is 0 Å². The highest BCUT2D eigenvalue weighted by Crippen LogP contribution is 2.02. The molecule has 0 radical (unpaired) electrons. The zero-order valence-corrected chi connectivity index (χ0v) is 8.34. The van der Waals surface area contributed by atoms with Crippen LogP contribution in [0.4, 0.5) is 0 Å². The largest absolute Gasteiger partial charge is 0.400 e. The topological polar surface area (TPSA) is 99.1 Å². The number of hydrazine groups is 1. The summed E-state index contributed by atoms with van der Waals surface area (Å²) < 4.78 is 0. The summed E-state index contributed by atoms with van der Waals surface area (Å²) in [6, 6.07) is 9.35. The van der Waals surface area contributed by atoms with E-state index < -0.39 is 6.04 Å². The molecule has 0 bridgehead atoms. The Hall–Kier alpha value is -1.74. The van der Waals surface area contributed by atoms with E-state index in [1.54, 1.807) is 36.4 Å². The monoisotopic (exact) mass is 207 g/mol. The molecule has 0 aromatic heterocycles. The summed E-state index contributed by atoms with van der Waals surface area (Å²) in [6.45, 7) is 0. The van der Waals surface area contributed by atoms with Crippen LogP contribution < -0.4 is 11.3 Å². The number of hydrogen-bond donors (Lipinski definition) is 3. The van der Waals surface area contributed by atoms with E-state index in [-0.39, 0.29) is 5.78 Å². The molecule has 0 heterocycles.